The normalized spacial score (nSPS) is 17.4. The molecule has 0 radical (unpaired) electrons. The number of halogens is 1. The van der Waals surface area contributed by atoms with Crippen molar-refractivity contribution in [2.45, 2.75) is 39.0 Å². The molecule has 0 saturated heterocycles. The summed E-state index contributed by atoms with van der Waals surface area (Å²) in [5.41, 5.74) is 0.654. The van der Waals surface area contributed by atoms with Crippen LogP contribution in [-0.4, -0.2) is 11.5 Å². The first-order valence-corrected chi connectivity index (χ1v) is 6.12. The van der Waals surface area contributed by atoms with E-state index in [9.17, 15) is 4.39 Å². The van der Waals surface area contributed by atoms with Gasteiger partial charge < -0.3 is 5.32 Å². The van der Waals surface area contributed by atoms with E-state index in [0.717, 1.165) is 18.3 Å². The van der Waals surface area contributed by atoms with Gasteiger partial charge in [0.1, 0.15) is 11.6 Å². The molecule has 1 aromatic heterocycles. The van der Waals surface area contributed by atoms with Gasteiger partial charge in [0, 0.05) is 6.54 Å². The Bertz CT molecular complexity index is 346. The van der Waals surface area contributed by atoms with Gasteiger partial charge in [-0.15, -0.1) is 0 Å². The van der Waals surface area contributed by atoms with Crippen LogP contribution in [0, 0.1) is 18.7 Å². The van der Waals surface area contributed by atoms with Gasteiger partial charge in [-0.3, -0.25) is 0 Å². The summed E-state index contributed by atoms with van der Waals surface area (Å²) < 4.78 is 13.0. The summed E-state index contributed by atoms with van der Waals surface area (Å²) in [7, 11) is 0. The van der Waals surface area contributed by atoms with E-state index in [1.165, 1.54) is 38.3 Å². The Hall–Kier alpha value is -1.12. The number of hydrogen-bond donors (Lipinski definition) is 1. The van der Waals surface area contributed by atoms with Crippen LogP contribution in [0.5, 0.6) is 0 Å². The fourth-order valence-corrected chi connectivity index (χ4v) is 2.28. The zero-order valence-corrected chi connectivity index (χ0v) is 9.80. The van der Waals surface area contributed by atoms with Crippen LogP contribution < -0.4 is 5.32 Å². The smallest absolute Gasteiger partial charge is 0.144 e. The maximum Gasteiger partial charge on any atom is 0.144 e. The molecule has 0 unspecified atom stereocenters. The van der Waals surface area contributed by atoms with E-state index in [0.29, 0.717) is 5.56 Å². The fourth-order valence-electron chi connectivity index (χ4n) is 2.28. The van der Waals surface area contributed by atoms with E-state index in [2.05, 4.69) is 10.3 Å². The summed E-state index contributed by atoms with van der Waals surface area (Å²) in [6.45, 7) is 2.74. The monoisotopic (exact) mass is 222 g/mol. The summed E-state index contributed by atoms with van der Waals surface area (Å²) in [5.74, 6) is 1.33. The lowest BCUT2D eigenvalue weighted by Crippen LogP contribution is -2.17. The highest BCUT2D eigenvalue weighted by atomic mass is 19.1. The van der Waals surface area contributed by atoms with Crippen molar-refractivity contribution in [2.24, 2.45) is 5.92 Å². The summed E-state index contributed by atoms with van der Waals surface area (Å²) in [4.78, 5) is 4.04. The first kappa shape index (κ1) is 11.4. The lowest BCUT2D eigenvalue weighted by molar-refractivity contribution is 0.373. The Morgan fingerprint density at radius 1 is 1.38 bits per heavy atom. The maximum absolute atomic E-state index is 13.0. The lowest BCUT2D eigenvalue weighted by Gasteiger charge is -2.22. The Balaban J connectivity index is 1.86. The van der Waals surface area contributed by atoms with Crippen LogP contribution in [0.2, 0.25) is 0 Å². The van der Waals surface area contributed by atoms with E-state index in [1.54, 1.807) is 13.0 Å². The molecule has 0 aromatic carbocycles. The predicted molar refractivity (Wildman–Crippen MR) is 64.0 cm³/mol. The van der Waals surface area contributed by atoms with Crippen LogP contribution in [0.25, 0.3) is 0 Å². The zero-order valence-electron chi connectivity index (χ0n) is 9.80. The van der Waals surface area contributed by atoms with Gasteiger partial charge in [-0.25, -0.2) is 9.37 Å². The average Bonchev–Trinajstić information content (AvgIpc) is 2.32. The van der Waals surface area contributed by atoms with Gasteiger partial charge in [0.25, 0.3) is 0 Å². The largest absolute Gasteiger partial charge is 0.370 e. The van der Waals surface area contributed by atoms with Crippen molar-refractivity contribution in [2.75, 3.05) is 11.9 Å². The maximum atomic E-state index is 13.0. The third-order valence-corrected chi connectivity index (χ3v) is 3.34. The topological polar surface area (TPSA) is 24.9 Å². The fraction of sp³-hybridized carbons (Fsp3) is 0.615. The molecule has 0 bridgehead atoms. The lowest BCUT2D eigenvalue weighted by atomic mass is 9.89. The van der Waals surface area contributed by atoms with Crippen LogP contribution in [0.1, 0.15) is 37.7 Å². The molecular formula is C13H19FN2. The molecule has 1 aliphatic rings. The van der Waals surface area contributed by atoms with E-state index < -0.39 is 0 Å². The van der Waals surface area contributed by atoms with Crippen LogP contribution >= 0.6 is 0 Å². The number of aromatic nitrogens is 1. The highest BCUT2D eigenvalue weighted by Crippen LogP contribution is 2.23. The van der Waals surface area contributed by atoms with Crippen molar-refractivity contribution in [1.82, 2.24) is 4.98 Å². The van der Waals surface area contributed by atoms with E-state index in [-0.39, 0.29) is 5.82 Å². The molecule has 1 aromatic rings. The van der Waals surface area contributed by atoms with Gasteiger partial charge in [0.2, 0.25) is 0 Å². The van der Waals surface area contributed by atoms with Gasteiger partial charge in [-0.05, 0) is 37.3 Å². The van der Waals surface area contributed by atoms with Gasteiger partial charge in [-0.1, -0.05) is 19.3 Å². The molecule has 0 amide bonds. The molecule has 1 N–H and O–H groups in total. The quantitative estimate of drug-likeness (QED) is 0.846. The standard InChI is InChI=1S/C13H19FN2/c1-10-7-13(16-9-12(10)14)15-8-11-5-3-2-4-6-11/h7,9,11H,2-6,8H2,1H3,(H,15,16). The van der Waals surface area contributed by atoms with E-state index >= 15 is 0 Å². The molecule has 2 nitrogen and oxygen atoms in total. The molecule has 3 heteroatoms. The van der Waals surface area contributed by atoms with Crippen molar-refractivity contribution in [3.8, 4) is 0 Å². The molecule has 1 heterocycles. The third kappa shape index (κ3) is 2.94. The molecule has 1 aliphatic carbocycles. The number of hydrogen-bond acceptors (Lipinski definition) is 2. The number of anilines is 1. The highest BCUT2D eigenvalue weighted by Gasteiger charge is 2.13. The number of nitrogens with zero attached hydrogens (tertiary/aromatic N) is 1. The Kier molecular flexibility index (Phi) is 3.75. The number of pyridine rings is 1. The van der Waals surface area contributed by atoms with Gasteiger partial charge in [0.05, 0.1) is 6.20 Å². The van der Waals surface area contributed by atoms with Crippen molar-refractivity contribution in [3.05, 3.63) is 23.6 Å². The van der Waals surface area contributed by atoms with Crippen LogP contribution in [0.15, 0.2) is 12.3 Å². The Labute approximate surface area is 96.3 Å². The average molecular weight is 222 g/mol. The molecule has 2 rings (SSSR count). The van der Waals surface area contributed by atoms with Gasteiger partial charge >= 0.3 is 0 Å². The minimum Gasteiger partial charge on any atom is -0.370 e. The number of rotatable bonds is 3. The number of aryl methyl sites for hydroxylation is 1. The molecule has 1 saturated carbocycles. The molecule has 0 spiro atoms. The second-order valence-electron chi connectivity index (χ2n) is 4.70. The molecule has 0 atom stereocenters. The SMILES string of the molecule is Cc1cc(NCC2CCCCC2)ncc1F. The summed E-state index contributed by atoms with van der Waals surface area (Å²) in [6.07, 6.45) is 7.99. The molecule has 16 heavy (non-hydrogen) atoms. The first-order valence-electron chi connectivity index (χ1n) is 6.12. The van der Waals surface area contributed by atoms with Crippen molar-refractivity contribution in [3.63, 3.8) is 0 Å². The summed E-state index contributed by atoms with van der Waals surface area (Å²) >= 11 is 0. The summed E-state index contributed by atoms with van der Waals surface area (Å²) in [6, 6.07) is 1.78. The van der Waals surface area contributed by atoms with Gasteiger partial charge in [0.15, 0.2) is 0 Å². The minimum atomic E-state index is -0.233. The Morgan fingerprint density at radius 3 is 2.81 bits per heavy atom. The second-order valence-corrected chi connectivity index (χ2v) is 4.70. The number of nitrogens with one attached hydrogen (secondary N) is 1. The minimum absolute atomic E-state index is 0.233. The summed E-state index contributed by atoms with van der Waals surface area (Å²) in [5, 5.41) is 3.30. The highest BCUT2D eigenvalue weighted by molar-refractivity contribution is 5.37. The molecule has 88 valence electrons. The van der Waals surface area contributed by atoms with E-state index in [1.807, 2.05) is 0 Å². The second kappa shape index (κ2) is 5.28. The molecular weight excluding hydrogens is 203 g/mol. The Morgan fingerprint density at radius 2 is 2.12 bits per heavy atom. The molecule has 0 aliphatic heterocycles. The van der Waals surface area contributed by atoms with Crippen LogP contribution in [-0.2, 0) is 0 Å². The van der Waals surface area contributed by atoms with Crippen molar-refractivity contribution >= 4 is 5.82 Å². The zero-order chi connectivity index (χ0) is 11.4. The first-order chi connectivity index (χ1) is 7.75. The van der Waals surface area contributed by atoms with Crippen molar-refractivity contribution < 1.29 is 4.39 Å². The van der Waals surface area contributed by atoms with Crippen LogP contribution in [0.4, 0.5) is 10.2 Å². The van der Waals surface area contributed by atoms with Crippen LogP contribution in [0.3, 0.4) is 0 Å². The van der Waals surface area contributed by atoms with Gasteiger partial charge in [-0.2, -0.15) is 0 Å². The molecule has 1 fully saturated rings. The predicted octanol–water partition coefficient (Wildman–Crippen LogP) is 3.52. The van der Waals surface area contributed by atoms with Crippen molar-refractivity contribution in [1.29, 1.82) is 0 Å². The third-order valence-electron chi connectivity index (χ3n) is 3.34. The van der Waals surface area contributed by atoms with E-state index in [4.69, 9.17) is 0 Å².